The molecule has 138 valence electrons. The summed E-state index contributed by atoms with van der Waals surface area (Å²) in [7, 11) is 3.97. The number of rotatable bonds is 16. The van der Waals surface area contributed by atoms with Crippen LogP contribution in [-0.2, 0) is 4.79 Å². The summed E-state index contributed by atoms with van der Waals surface area (Å²) in [5, 5.41) is 10.6. The fourth-order valence-electron chi connectivity index (χ4n) is 2.23. The van der Waals surface area contributed by atoms with Crippen molar-refractivity contribution < 1.29 is 9.90 Å². The molecule has 0 aliphatic rings. The average Bonchev–Trinajstić information content (AvgIpc) is 2.57. The molecule has 0 aliphatic heterocycles. The van der Waals surface area contributed by atoms with Crippen molar-refractivity contribution in [2.45, 2.75) is 64.2 Å². The van der Waals surface area contributed by atoms with E-state index in [1.165, 1.54) is 12.8 Å². The smallest absolute Gasteiger partial charge is 0.303 e. The molecule has 4 heteroatoms. The third kappa shape index (κ3) is 18.7. The van der Waals surface area contributed by atoms with Crippen molar-refractivity contribution in [1.82, 2.24) is 10.4 Å². The second kappa shape index (κ2) is 18.0. The second-order valence-corrected chi connectivity index (χ2v) is 6.02. The lowest BCUT2D eigenvalue weighted by molar-refractivity contribution is -0.137. The number of unbranched alkanes of at least 4 members (excludes halogenated alkanes) is 5. The fraction of sp³-hybridized carbons (Fsp3) is 0.650. The van der Waals surface area contributed by atoms with E-state index < -0.39 is 5.97 Å². The molecule has 0 saturated heterocycles. The summed E-state index contributed by atoms with van der Waals surface area (Å²) in [6.45, 7) is 1.03. The Bertz CT molecular complexity index is 376. The van der Waals surface area contributed by atoms with Crippen LogP contribution in [0.25, 0.3) is 0 Å². The molecule has 0 aromatic carbocycles. The Balaban J connectivity index is 3.33. The van der Waals surface area contributed by atoms with Crippen molar-refractivity contribution >= 4 is 5.97 Å². The van der Waals surface area contributed by atoms with Gasteiger partial charge in [0.05, 0.1) is 0 Å². The first-order valence-electron chi connectivity index (χ1n) is 9.22. The molecule has 4 nitrogen and oxygen atoms in total. The number of hydrogen-bond acceptors (Lipinski definition) is 3. The zero-order valence-corrected chi connectivity index (χ0v) is 15.5. The van der Waals surface area contributed by atoms with Gasteiger partial charge in [0.25, 0.3) is 0 Å². The van der Waals surface area contributed by atoms with Gasteiger partial charge in [-0.2, -0.15) is 0 Å². The molecule has 0 bridgehead atoms. The Labute approximate surface area is 148 Å². The van der Waals surface area contributed by atoms with Crippen LogP contribution in [0.15, 0.2) is 36.5 Å². The summed E-state index contributed by atoms with van der Waals surface area (Å²) in [6.07, 6.45) is 23.3. The molecule has 0 heterocycles. The predicted molar refractivity (Wildman–Crippen MR) is 103 cm³/mol. The van der Waals surface area contributed by atoms with Crippen LogP contribution in [0, 0.1) is 0 Å². The minimum absolute atomic E-state index is 0.314. The maximum absolute atomic E-state index is 10.4. The van der Waals surface area contributed by atoms with E-state index in [-0.39, 0.29) is 0 Å². The van der Waals surface area contributed by atoms with Crippen LogP contribution in [0.3, 0.4) is 0 Å². The van der Waals surface area contributed by atoms with Crippen LogP contribution < -0.4 is 5.43 Å². The van der Waals surface area contributed by atoms with Gasteiger partial charge < -0.3 is 5.11 Å². The Kier molecular flexibility index (Phi) is 16.9. The average molecular weight is 337 g/mol. The highest BCUT2D eigenvalue weighted by Gasteiger charge is 1.95. The van der Waals surface area contributed by atoms with Gasteiger partial charge >= 0.3 is 5.97 Å². The zero-order valence-electron chi connectivity index (χ0n) is 15.5. The summed E-state index contributed by atoms with van der Waals surface area (Å²) in [4.78, 5) is 10.4. The maximum atomic E-state index is 10.4. The topological polar surface area (TPSA) is 52.6 Å². The summed E-state index contributed by atoms with van der Waals surface area (Å²) in [5.41, 5.74) is 3.08. The van der Waals surface area contributed by atoms with Crippen molar-refractivity contribution in [2.75, 3.05) is 20.6 Å². The van der Waals surface area contributed by atoms with E-state index in [0.29, 0.717) is 6.42 Å². The molecule has 0 aromatic heterocycles. The van der Waals surface area contributed by atoms with Crippen molar-refractivity contribution in [3.63, 3.8) is 0 Å². The van der Waals surface area contributed by atoms with E-state index in [1.807, 2.05) is 14.1 Å². The second-order valence-electron chi connectivity index (χ2n) is 6.02. The first-order chi connectivity index (χ1) is 11.7. The van der Waals surface area contributed by atoms with Gasteiger partial charge in [-0.25, -0.2) is 5.01 Å². The minimum atomic E-state index is -0.678. The van der Waals surface area contributed by atoms with Gasteiger partial charge in [0.15, 0.2) is 0 Å². The highest BCUT2D eigenvalue weighted by molar-refractivity contribution is 5.66. The monoisotopic (exact) mass is 336 g/mol. The van der Waals surface area contributed by atoms with Gasteiger partial charge in [-0.05, 0) is 45.6 Å². The maximum Gasteiger partial charge on any atom is 0.303 e. The van der Waals surface area contributed by atoms with E-state index in [0.717, 1.165) is 51.5 Å². The first-order valence-corrected chi connectivity index (χ1v) is 9.22. The van der Waals surface area contributed by atoms with Crippen LogP contribution in [0.4, 0.5) is 0 Å². The third-order valence-electron chi connectivity index (χ3n) is 3.82. The van der Waals surface area contributed by atoms with Gasteiger partial charge in [0, 0.05) is 20.0 Å². The molecule has 0 saturated carbocycles. The number of carbonyl (C=O) groups is 1. The van der Waals surface area contributed by atoms with Crippen LogP contribution in [0.5, 0.6) is 0 Å². The van der Waals surface area contributed by atoms with E-state index >= 15 is 0 Å². The number of carboxylic acids is 1. The zero-order chi connectivity index (χ0) is 17.9. The predicted octanol–water partition coefficient (Wildman–Crippen LogP) is 4.71. The molecule has 0 radical (unpaired) electrons. The van der Waals surface area contributed by atoms with Crippen LogP contribution in [0.1, 0.15) is 64.2 Å². The molecule has 24 heavy (non-hydrogen) atoms. The number of aliphatic carboxylic acids is 1. The van der Waals surface area contributed by atoms with Crippen LogP contribution in [-0.4, -0.2) is 36.7 Å². The first kappa shape index (κ1) is 22.6. The van der Waals surface area contributed by atoms with Gasteiger partial charge in [-0.15, -0.1) is 0 Å². The molecule has 0 atom stereocenters. The minimum Gasteiger partial charge on any atom is -0.481 e. The molecular weight excluding hydrogens is 300 g/mol. The normalized spacial score (nSPS) is 12.3. The standard InChI is InChI=1S/C20H36N2O2/c1-21-22(2)19-17-15-13-11-9-7-5-3-4-6-8-10-12-14-16-18-20(23)24/h3-4,7,9,13,15,21H,5-6,8,10-12,14,16-19H2,1-2H3,(H,23,24). The lowest BCUT2D eigenvalue weighted by Gasteiger charge is -2.12. The van der Waals surface area contributed by atoms with Gasteiger partial charge in [0.2, 0.25) is 0 Å². The third-order valence-corrected chi connectivity index (χ3v) is 3.82. The van der Waals surface area contributed by atoms with E-state index in [4.69, 9.17) is 5.11 Å². The molecule has 0 fully saturated rings. The molecule has 0 aromatic rings. The highest BCUT2D eigenvalue weighted by Crippen LogP contribution is 2.07. The molecule has 0 amide bonds. The number of nitrogens with zero attached hydrogens (tertiary/aromatic N) is 1. The molecule has 2 N–H and O–H groups in total. The van der Waals surface area contributed by atoms with Gasteiger partial charge in [-0.1, -0.05) is 55.7 Å². The lowest BCUT2D eigenvalue weighted by Crippen LogP contribution is -2.31. The molecule has 0 rings (SSSR count). The highest BCUT2D eigenvalue weighted by atomic mass is 16.4. The number of hydrogen-bond donors (Lipinski definition) is 2. The summed E-state index contributed by atoms with van der Waals surface area (Å²) >= 11 is 0. The van der Waals surface area contributed by atoms with Crippen molar-refractivity contribution in [3.05, 3.63) is 36.5 Å². The van der Waals surface area contributed by atoms with Gasteiger partial charge in [0.1, 0.15) is 0 Å². The van der Waals surface area contributed by atoms with Crippen LogP contribution in [0.2, 0.25) is 0 Å². The number of nitrogens with one attached hydrogen (secondary N) is 1. The van der Waals surface area contributed by atoms with Crippen molar-refractivity contribution in [2.24, 2.45) is 0 Å². The van der Waals surface area contributed by atoms with E-state index in [2.05, 4.69) is 46.9 Å². The number of allylic oxidation sites excluding steroid dienone is 5. The summed E-state index contributed by atoms with van der Waals surface area (Å²) < 4.78 is 0. The van der Waals surface area contributed by atoms with Crippen LogP contribution >= 0.6 is 0 Å². The number of carboxylic acid groups (broad SMARTS) is 1. The molecule has 0 aliphatic carbocycles. The Morgan fingerprint density at radius 3 is 2.04 bits per heavy atom. The number of hydrazine groups is 1. The van der Waals surface area contributed by atoms with E-state index in [9.17, 15) is 4.79 Å². The molecular formula is C20H36N2O2. The SMILES string of the molecule is CNN(C)CCC=CCC=CCC=CCCCCCCCC(=O)O. The van der Waals surface area contributed by atoms with Crippen molar-refractivity contribution in [3.8, 4) is 0 Å². The van der Waals surface area contributed by atoms with Crippen molar-refractivity contribution in [1.29, 1.82) is 0 Å². The van der Waals surface area contributed by atoms with E-state index in [1.54, 1.807) is 0 Å². The fourth-order valence-corrected chi connectivity index (χ4v) is 2.23. The van der Waals surface area contributed by atoms with Gasteiger partial charge in [-0.3, -0.25) is 10.2 Å². The summed E-state index contributed by atoms with van der Waals surface area (Å²) in [6, 6.07) is 0. The molecule has 0 unspecified atom stereocenters. The Morgan fingerprint density at radius 1 is 0.875 bits per heavy atom. The Morgan fingerprint density at radius 2 is 1.42 bits per heavy atom. The quantitative estimate of drug-likeness (QED) is 0.243. The molecule has 0 spiro atoms. The summed E-state index contributed by atoms with van der Waals surface area (Å²) in [5.74, 6) is -0.678. The lowest BCUT2D eigenvalue weighted by atomic mass is 10.1. The Hall–Kier alpha value is -1.39. The largest absolute Gasteiger partial charge is 0.481 e.